The maximum Gasteiger partial charge on any atom is 0.134 e. The van der Waals surface area contributed by atoms with Gasteiger partial charge in [-0.3, -0.25) is 0 Å². The third kappa shape index (κ3) is 0.806. The molecule has 0 spiro atoms. The molecule has 1 aromatic rings. The maximum absolute atomic E-state index is 8.95. The van der Waals surface area contributed by atoms with E-state index in [0.717, 1.165) is 12.8 Å². The quantitative estimate of drug-likeness (QED) is 0.583. The molecule has 1 radical (unpaired) electrons. The van der Waals surface area contributed by atoms with Gasteiger partial charge in [0.25, 0.3) is 0 Å². The summed E-state index contributed by atoms with van der Waals surface area (Å²) in [6.45, 7) is 0. The van der Waals surface area contributed by atoms with E-state index in [1.165, 1.54) is 0 Å². The lowest BCUT2D eigenvalue weighted by atomic mass is 9.90. The van der Waals surface area contributed by atoms with E-state index in [9.17, 15) is 0 Å². The molecule has 10 heavy (non-hydrogen) atoms. The average molecular weight is 138 g/mol. The fourth-order valence-corrected chi connectivity index (χ4v) is 1.14. The summed E-state index contributed by atoms with van der Waals surface area (Å²) < 4.78 is 1.74. The fraction of sp³-hybridized carbons (Fsp3) is 0.667. The molecule has 1 saturated carbocycles. The molecule has 4 nitrogen and oxygen atoms in total. The lowest BCUT2D eigenvalue weighted by Gasteiger charge is -2.30. The fourth-order valence-electron chi connectivity index (χ4n) is 1.14. The molecule has 0 aromatic carbocycles. The summed E-state index contributed by atoms with van der Waals surface area (Å²) in [5.41, 5.74) is 0. The monoisotopic (exact) mass is 138 g/mol. The van der Waals surface area contributed by atoms with Crippen molar-refractivity contribution in [3.8, 4) is 0 Å². The minimum atomic E-state index is -0.130. The highest BCUT2D eigenvalue weighted by molar-refractivity contribution is 4.83. The van der Waals surface area contributed by atoms with E-state index in [1.807, 2.05) is 0 Å². The first-order chi connectivity index (χ1) is 4.86. The molecule has 0 saturated heterocycles. The third-order valence-corrected chi connectivity index (χ3v) is 1.86. The first-order valence-corrected chi connectivity index (χ1v) is 3.32. The second kappa shape index (κ2) is 2.05. The minimum Gasteiger partial charge on any atom is -0.393 e. The molecule has 4 heteroatoms. The standard InChI is InChI=1S/C6H8N3O/c10-6-3-5(4-6)9-2-1-7-8-9/h2,5-6,10H,3-4H2. The summed E-state index contributed by atoms with van der Waals surface area (Å²) >= 11 is 0. The normalized spacial score (nSPS) is 31.7. The van der Waals surface area contributed by atoms with Crippen LogP contribution in [-0.4, -0.2) is 26.2 Å². The Morgan fingerprint density at radius 3 is 2.90 bits per heavy atom. The average Bonchev–Trinajstić information content (AvgIpc) is 2.31. The van der Waals surface area contributed by atoms with Crippen molar-refractivity contribution in [1.82, 2.24) is 15.0 Å². The summed E-state index contributed by atoms with van der Waals surface area (Å²) in [4.78, 5) is 0. The molecule has 0 amide bonds. The zero-order chi connectivity index (χ0) is 6.97. The highest BCUT2D eigenvalue weighted by atomic mass is 16.3. The van der Waals surface area contributed by atoms with E-state index in [0.29, 0.717) is 6.04 Å². The molecule has 1 heterocycles. The summed E-state index contributed by atoms with van der Waals surface area (Å²) in [5, 5.41) is 16.3. The topological polar surface area (TPSA) is 50.9 Å². The molecule has 0 aliphatic heterocycles. The lowest BCUT2D eigenvalue weighted by molar-refractivity contribution is 0.0426. The molecule has 1 aliphatic rings. The predicted octanol–water partition coefficient (Wildman–Crippen LogP) is -0.226. The first kappa shape index (κ1) is 5.85. The van der Waals surface area contributed by atoms with E-state index < -0.39 is 0 Å². The van der Waals surface area contributed by atoms with Crippen molar-refractivity contribution in [1.29, 1.82) is 0 Å². The Balaban J connectivity index is 2.04. The number of aliphatic hydroxyl groups excluding tert-OH is 1. The second-order valence-corrected chi connectivity index (χ2v) is 2.61. The Morgan fingerprint density at radius 1 is 1.60 bits per heavy atom. The van der Waals surface area contributed by atoms with Crippen LogP contribution in [0.5, 0.6) is 0 Å². The van der Waals surface area contributed by atoms with Crippen LogP contribution in [0.1, 0.15) is 18.9 Å². The van der Waals surface area contributed by atoms with Gasteiger partial charge >= 0.3 is 0 Å². The third-order valence-electron chi connectivity index (χ3n) is 1.86. The van der Waals surface area contributed by atoms with Crippen LogP contribution in [-0.2, 0) is 0 Å². The molecule has 2 rings (SSSR count). The number of hydrogen-bond donors (Lipinski definition) is 1. The Bertz CT molecular complexity index is 203. The first-order valence-electron chi connectivity index (χ1n) is 3.32. The van der Waals surface area contributed by atoms with Gasteiger partial charge in [0.2, 0.25) is 0 Å². The van der Waals surface area contributed by atoms with Gasteiger partial charge in [-0.05, 0) is 12.8 Å². The van der Waals surface area contributed by atoms with Crippen molar-refractivity contribution in [2.24, 2.45) is 0 Å². The van der Waals surface area contributed by atoms with E-state index in [2.05, 4.69) is 16.5 Å². The van der Waals surface area contributed by atoms with Crippen molar-refractivity contribution < 1.29 is 5.11 Å². The van der Waals surface area contributed by atoms with Gasteiger partial charge in [-0.1, -0.05) is 5.21 Å². The van der Waals surface area contributed by atoms with Crippen molar-refractivity contribution >= 4 is 0 Å². The lowest BCUT2D eigenvalue weighted by Crippen LogP contribution is -2.31. The molecular weight excluding hydrogens is 130 g/mol. The molecule has 1 aromatic heterocycles. The zero-order valence-electron chi connectivity index (χ0n) is 5.44. The molecule has 0 bridgehead atoms. The van der Waals surface area contributed by atoms with Crippen LogP contribution in [0.15, 0.2) is 6.20 Å². The van der Waals surface area contributed by atoms with Crippen LogP contribution < -0.4 is 0 Å². The molecule has 0 atom stereocenters. The highest BCUT2D eigenvalue weighted by Gasteiger charge is 2.28. The Morgan fingerprint density at radius 2 is 2.40 bits per heavy atom. The van der Waals surface area contributed by atoms with Crippen LogP contribution in [0.3, 0.4) is 0 Å². The molecule has 1 N–H and O–H groups in total. The van der Waals surface area contributed by atoms with Gasteiger partial charge in [-0.15, -0.1) is 5.10 Å². The van der Waals surface area contributed by atoms with Crippen LogP contribution >= 0.6 is 0 Å². The van der Waals surface area contributed by atoms with Crippen molar-refractivity contribution in [3.63, 3.8) is 0 Å². The Kier molecular flexibility index (Phi) is 1.20. The molecule has 0 unspecified atom stereocenters. The van der Waals surface area contributed by atoms with Gasteiger partial charge < -0.3 is 5.11 Å². The second-order valence-electron chi connectivity index (χ2n) is 2.61. The molecule has 53 valence electrons. The Hall–Kier alpha value is -0.900. The number of aromatic nitrogens is 3. The van der Waals surface area contributed by atoms with Crippen molar-refractivity contribution in [3.05, 3.63) is 12.4 Å². The van der Waals surface area contributed by atoms with Crippen LogP contribution in [0, 0.1) is 6.20 Å². The van der Waals surface area contributed by atoms with Crippen molar-refractivity contribution in [2.45, 2.75) is 25.0 Å². The van der Waals surface area contributed by atoms with Gasteiger partial charge in [0.1, 0.15) is 6.20 Å². The van der Waals surface area contributed by atoms with Gasteiger partial charge in [0.15, 0.2) is 0 Å². The summed E-state index contributed by atoms with van der Waals surface area (Å²) in [6.07, 6.45) is 5.79. The van der Waals surface area contributed by atoms with E-state index in [1.54, 1.807) is 10.9 Å². The SMILES string of the molecule is OC1CC(n2c[c]nn2)C1. The van der Waals surface area contributed by atoms with Gasteiger partial charge in [0, 0.05) is 0 Å². The largest absolute Gasteiger partial charge is 0.393 e. The molecule has 1 aliphatic carbocycles. The van der Waals surface area contributed by atoms with E-state index >= 15 is 0 Å². The van der Waals surface area contributed by atoms with Gasteiger partial charge in [0.05, 0.1) is 18.3 Å². The number of aliphatic hydroxyl groups is 1. The van der Waals surface area contributed by atoms with E-state index in [-0.39, 0.29) is 6.10 Å². The zero-order valence-corrected chi connectivity index (χ0v) is 5.44. The summed E-state index contributed by atoms with van der Waals surface area (Å²) in [6, 6.07) is 0.355. The van der Waals surface area contributed by atoms with Gasteiger partial charge in [-0.2, -0.15) is 0 Å². The summed E-state index contributed by atoms with van der Waals surface area (Å²) in [5.74, 6) is 0. The number of nitrogens with zero attached hydrogens (tertiary/aromatic N) is 3. The smallest absolute Gasteiger partial charge is 0.134 e. The van der Waals surface area contributed by atoms with Crippen LogP contribution in [0.2, 0.25) is 0 Å². The maximum atomic E-state index is 8.95. The van der Waals surface area contributed by atoms with Crippen LogP contribution in [0.25, 0.3) is 0 Å². The highest BCUT2D eigenvalue weighted by Crippen LogP contribution is 2.30. The van der Waals surface area contributed by atoms with Crippen LogP contribution in [0.4, 0.5) is 0 Å². The van der Waals surface area contributed by atoms with Gasteiger partial charge in [-0.25, -0.2) is 4.68 Å². The molecular formula is C6H8N3O. The Labute approximate surface area is 58.5 Å². The van der Waals surface area contributed by atoms with E-state index in [4.69, 9.17) is 5.11 Å². The number of hydrogen-bond acceptors (Lipinski definition) is 3. The van der Waals surface area contributed by atoms with Crippen molar-refractivity contribution in [2.75, 3.05) is 0 Å². The molecule has 1 fully saturated rings. The predicted molar refractivity (Wildman–Crippen MR) is 33.1 cm³/mol. The summed E-state index contributed by atoms with van der Waals surface area (Å²) in [7, 11) is 0. The number of rotatable bonds is 1. The minimum absolute atomic E-state index is 0.130.